The number of ether oxygens (including phenoxy) is 1. The molecule has 0 aromatic heterocycles. The van der Waals surface area contributed by atoms with Crippen molar-refractivity contribution in [3.63, 3.8) is 0 Å². The molecule has 1 fully saturated rings. The molecule has 9 heteroatoms. The number of rotatable bonds is 11. The Morgan fingerprint density at radius 3 is 2.60 bits per heavy atom. The summed E-state index contributed by atoms with van der Waals surface area (Å²) in [5, 5.41) is 6.23. The van der Waals surface area contributed by atoms with Crippen LogP contribution in [-0.2, 0) is 14.8 Å². The zero-order chi connectivity index (χ0) is 18.5. The number of thioether (sulfide) groups is 1. The van der Waals surface area contributed by atoms with Gasteiger partial charge in [-0.15, -0.1) is 0 Å². The summed E-state index contributed by atoms with van der Waals surface area (Å²) in [5.74, 6) is 3.14. The van der Waals surface area contributed by atoms with Crippen LogP contribution < -0.4 is 10.6 Å². The van der Waals surface area contributed by atoms with Crippen LogP contribution in [0.25, 0.3) is 0 Å². The van der Waals surface area contributed by atoms with Crippen molar-refractivity contribution in [2.75, 3.05) is 63.2 Å². The Bertz CT molecular complexity index is 478. The van der Waals surface area contributed by atoms with Crippen molar-refractivity contribution in [2.45, 2.75) is 27.2 Å². The zero-order valence-corrected chi connectivity index (χ0v) is 17.4. The fourth-order valence-corrected chi connectivity index (χ4v) is 4.73. The predicted molar refractivity (Wildman–Crippen MR) is 107 cm³/mol. The van der Waals surface area contributed by atoms with Gasteiger partial charge >= 0.3 is 0 Å². The molecule has 0 aromatic carbocycles. The largest absolute Gasteiger partial charge is 0.380 e. The van der Waals surface area contributed by atoms with Gasteiger partial charge in [-0.25, -0.2) is 12.7 Å². The summed E-state index contributed by atoms with van der Waals surface area (Å²) in [7, 11) is -3.18. The van der Waals surface area contributed by atoms with E-state index < -0.39 is 10.0 Å². The highest BCUT2D eigenvalue weighted by Gasteiger charge is 2.23. The molecule has 1 rings (SSSR count). The number of guanidine groups is 1. The van der Waals surface area contributed by atoms with Crippen LogP contribution in [0.5, 0.6) is 0 Å². The third-order valence-electron chi connectivity index (χ3n) is 3.71. The number of nitrogens with one attached hydrogen (secondary N) is 2. The fraction of sp³-hybridized carbons (Fsp3) is 0.938. The molecule has 0 aliphatic carbocycles. The van der Waals surface area contributed by atoms with Gasteiger partial charge in [0, 0.05) is 44.3 Å². The van der Waals surface area contributed by atoms with Gasteiger partial charge in [-0.2, -0.15) is 11.8 Å². The molecule has 0 saturated carbocycles. The van der Waals surface area contributed by atoms with Gasteiger partial charge in [-0.05, 0) is 19.3 Å². The third-order valence-corrected chi connectivity index (χ3v) is 6.52. The number of sulfonamides is 1. The quantitative estimate of drug-likeness (QED) is 0.309. The maximum atomic E-state index is 12.3. The van der Waals surface area contributed by atoms with Gasteiger partial charge in [0.1, 0.15) is 0 Å². The van der Waals surface area contributed by atoms with Crippen LogP contribution in [0.1, 0.15) is 27.2 Å². The van der Waals surface area contributed by atoms with Crippen LogP contribution in [0.15, 0.2) is 4.99 Å². The lowest BCUT2D eigenvalue weighted by molar-refractivity contribution is 0.130. The van der Waals surface area contributed by atoms with Gasteiger partial charge in [-0.3, -0.25) is 4.99 Å². The first-order chi connectivity index (χ1) is 12.0. The lowest BCUT2D eigenvalue weighted by atomic mass is 10.1. The average molecular weight is 395 g/mol. The number of nitrogens with zero attached hydrogens (tertiary/aromatic N) is 2. The minimum atomic E-state index is -3.18. The summed E-state index contributed by atoms with van der Waals surface area (Å²) in [6.07, 6.45) is 1.05. The van der Waals surface area contributed by atoms with Crippen molar-refractivity contribution in [2.24, 2.45) is 10.9 Å². The van der Waals surface area contributed by atoms with E-state index in [1.807, 2.05) is 6.92 Å². The molecule has 0 radical (unpaired) electrons. The molecule has 2 N–H and O–H groups in total. The van der Waals surface area contributed by atoms with Crippen LogP contribution in [0.3, 0.4) is 0 Å². The molecule has 1 heterocycles. The highest BCUT2D eigenvalue weighted by molar-refractivity contribution is 7.99. The maximum Gasteiger partial charge on any atom is 0.215 e. The molecule has 0 bridgehead atoms. The first-order valence-corrected chi connectivity index (χ1v) is 11.9. The standard InChI is InChI=1S/C16H34N4O3S2/c1-4-17-16(18-6-11-23-10-5-15(2)3)19-7-14-25(21,22)20-8-12-24-13-9-20/h15H,4-14H2,1-3H3,(H2,17,18,19). The lowest BCUT2D eigenvalue weighted by Crippen LogP contribution is -2.44. The van der Waals surface area contributed by atoms with Crippen LogP contribution >= 0.6 is 11.8 Å². The highest BCUT2D eigenvalue weighted by atomic mass is 32.2. The van der Waals surface area contributed by atoms with Crippen LogP contribution in [-0.4, -0.2) is 81.9 Å². The molecule has 1 aliphatic rings. The second-order valence-electron chi connectivity index (χ2n) is 6.31. The second kappa shape index (κ2) is 12.8. The monoisotopic (exact) mass is 394 g/mol. The molecular weight excluding hydrogens is 360 g/mol. The van der Waals surface area contributed by atoms with E-state index in [-0.39, 0.29) is 5.75 Å². The number of aliphatic imine (C=N–C) groups is 1. The van der Waals surface area contributed by atoms with Crippen LogP contribution in [0.4, 0.5) is 0 Å². The number of hydrogen-bond donors (Lipinski definition) is 2. The Morgan fingerprint density at radius 2 is 1.96 bits per heavy atom. The summed E-state index contributed by atoms with van der Waals surface area (Å²) in [4.78, 5) is 4.42. The van der Waals surface area contributed by atoms with Gasteiger partial charge in [0.25, 0.3) is 0 Å². The minimum absolute atomic E-state index is 0.0902. The first kappa shape index (κ1) is 22.5. The molecule has 1 saturated heterocycles. The molecule has 7 nitrogen and oxygen atoms in total. The molecule has 0 spiro atoms. The Labute approximate surface area is 157 Å². The molecular formula is C16H34N4O3S2. The topological polar surface area (TPSA) is 83.0 Å². The van der Waals surface area contributed by atoms with Crippen molar-refractivity contribution < 1.29 is 13.2 Å². The van der Waals surface area contributed by atoms with E-state index in [9.17, 15) is 8.42 Å². The maximum absolute atomic E-state index is 12.3. The summed E-state index contributed by atoms with van der Waals surface area (Å²) in [5.41, 5.74) is 0. The molecule has 0 amide bonds. The van der Waals surface area contributed by atoms with Crippen molar-refractivity contribution >= 4 is 27.7 Å². The highest BCUT2D eigenvalue weighted by Crippen LogP contribution is 2.12. The lowest BCUT2D eigenvalue weighted by Gasteiger charge is -2.25. The first-order valence-electron chi connectivity index (χ1n) is 9.11. The molecule has 1 aliphatic heterocycles. The predicted octanol–water partition coefficient (Wildman–Crippen LogP) is 0.983. The summed E-state index contributed by atoms with van der Waals surface area (Å²) in [6.45, 7) is 10.5. The Kier molecular flexibility index (Phi) is 11.5. The Hall–Kier alpha value is -0.510. The molecule has 0 aromatic rings. The van der Waals surface area contributed by atoms with Gasteiger partial charge in [-0.1, -0.05) is 13.8 Å². The van der Waals surface area contributed by atoms with Gasteiger partial charge in [0.15, 0.2) is 5.96 Å². The molecule has 25 heavy (non-hydrogen) atoms. The minimum Gasteiger partial charge on any atom is -0.380 e. The molecule has 0 unspecified atom stereocenters. The smallest absolute Gasteiger partial charge is 0.215 e. The Morgan fingerprint density at radius 1 is 1.24 bits per heavy atom. The molecule has 148 valence electrons. The van der Waals surface area contributed by atoms with E-state index in [1.54, 1.807) is 16.1 Å². The summed E-state index contributed by atoms with van der Waals surface area (Å²) in [6, 6.07) is 0. The van der Waals surface area contributed by atoms with E-state index in [2.05, 4.69) is 29.5 Å². The summed E-state index contributed by atoms with van der Waals surface area (Å²) < 4.78 is 31.8. The van der Waals surface area contributed by atoms with Crippen molar-refractivity contribution in [1.29, 1.82) is 0 Å². The van der Waals surface area contributed by atoms with Crippen molar-refractivity contribution in [3.8, 4) is 0 Å². The SMILES string of the molecule is CCNC(=NCCOCCC(C)C)NCCS(=O)(=O)N1CCSCC1. The molecule has 0 atom stereocenters. The van der Waals surface area contributed by atoms with Gasteiger partial charge < -0.3 is 15.4 Å². The van der Waals surface area contributed by atoms with E-state index >= 15 is 0 Å². The van der Waals surface area contributed by atoms with E-state index in [1.165, 1.54) is 0 Å². The van der Waals surface area contributed by atoms with Crippen LogP contribution in [0, 0.1) is 5.92 Å². The van der Waals surface area contributed by atoms with E-state index in [0.717, 1.165) is 31.1 Å². The van der Waals surface area contributed by atoms with E-state index in [4.69, 9.17) is 4.74 Å². The average Bonchev–Trinajstić information content (AvgIpc) is 2.58. The van der Waals surface area contributed by atoms with Crippen LogP contribution in [0.2, 0.25) is 0 Å². The van der Waals surface area contributed by atoms with Crippen molar-refractivity contribution in [1.82, 2.24) is 14.9 Å². The normalized spacial score (nSPS) is 17.0. The second-order valence-corrected chi connectivity index (χ2v) is 9.62. The fourth-order valence-electron chi connectivity index (χ4n) is 2.24. The van der Waals surface area contributed by atoms with Crippen molar-refractivity contribution in [3.05, 3.63) is 0 Å². The number of hydrogen-bond acceptors (Lipinski definition) is 5. The summed E-state index contributed by atoms with van der Waals surface area (Å²) >= 11 is 1.80. The zero-order valence-electron chi connectivity index (χ0n) is 15.8. The van der Waals surface area contributed by atoms with Gasteiger partial charge in [0.05, 0.1) is 18.9 Å². The van der Waals surface area contributed by atoms with Gasteiger partial charge in [0.2, 0.25) is 10.0 Å². The van der Waals surface area contributed by atoms with E-state index in [0.29, 0.717) is 44.7 Å². The Balaban J connectivity index is 2.30. The third kappa shape index (κ3) is 10.3.